The summed E-state index contributed by atoms with van der Waals surface area (Å²) in [7, 11) is 0. The first-order valence-corrected chi connectivity index (χ1v) is 8.75. The lowest BCUT2D eigenvalue weighted by Crippen LogP contribution is -2.46. The second kappa shape index (κ2) is 6.96. The Kier molecular flexibility index (Phi) is 4.90. The predicted octanol–water partition coefficient (Wildman–Crippen LogP) is 2.89. The van der Waals surface area contributed by atoms with Crippen LogP contribution in [0.3, 0.4) is 0 Å². The molecule has 0 unspecified atom stereocenters. The van der Waals surface area contributed by atoms with Crippen molar-refractivity contribution in [1.82, 2.24) is 9.80 Å². The molecular formula is C18H19ClN2O4. The molecule has 1 aromatic carbocycles. The van der Waals surface area contributed by atoms with E-state index in [1.165, 1.54) is 12.1 Å². The van der Waals surface area contributed by atoms with Crippen LogP contribution in [0, 0.1) is 5.92 Å². The van der Waals surface area contributed by atoms with E-state index >= 15 is 0 Å². The second-order valence-electron chi connectivity index (χ2n) is 6.61. The average molecular weight is 363 g/mol. The minimum absolute atomic E-state index is 0.154. The van der Waals surface area contributed by atoms with Gasteiger partial charge in [0, 0.05) is 16.6 Å². The molecule has 25 heavy (non-hydrogen) atoms. The van der Waals surface area contributed by atoms with Crippen molar-refractivity contribution in [1.29, 1.82) is 0 Å². The number of nitrogens with zero attached hydrogens (tertiary/aromatic N) is 2. The summed E-state index contributed by atoms with van der Waals surface area (Å²) in [5.41, 5.74) is 0.335. The van der Waals surface area contributed by atoms with Crippen molar-refractivity contribution in [3.8, 4) is 0 Å². The normalized spacial score (nSPS) is 24.2. The number of imide groups is 2. The Hall–Kier alpha value is -2.21. The molecule has 0 aromatic heterocycles. The number of Topliss-reactive ketones (excluding diaryl/α,β-unsaturated/α-hetero) is 1. The summed E-state index contributed by atoms with van der Waals surface area (Å²) in [6.07, 6.45) is 3.59. The Balaban J connectivity index is 1.77. The smallest absolute Gasteiger partial charge is 0.292 e. The van der Waals surface area contributed by atoms with Gasteiger partial charge in [-0.2, -0.15) is 0 Å². The van der Waals surface area contributed by atoms with Crippen molar-refractivity contribution < 1.29 is 19.2 Å². The highest BCUT2D eigenvalue weighted by Gasteiger charge is 2.49. The molecule has 1 saturated carbocycles. The van der Waals surface area contributed by atoms with Crippen molar-refractivity contribution in [2.45, 2.75) is 38.6 Å². The molecule has 0 bridgehead atoms. The van der Waals surface area contributed by atoms with Crippen LogP contribution >= 0.6 is 11.6 Å². The van der Waals surface area contributed by atoms with Crippen LogP contribution in [0.5, 0.6) is 0 Å². The van der Waals surface area contributed by atoms with Gasteiger partial charge in [0.15, 0.2) is 5.78 Å². The van der Waals surface area contributed by atoms with E-state index in [9.17, 15) is 19.2 Å². The second-order valence-corrected chi connectivity index (χ2v) is 7.04. The van der Waals surface area contributed by atoms with E-state index in [-0.39, 0.29) is 12.0 Å². The third-order valence-corrected chi connectivity index (χ3v) is 5.20. The summed E-state index contributed by atoms with van der Waals surface area (Å²) in [5, 5.41) is 0.484. The number of halogens is 1. The predicted molar refractivity (Wildman–Crippen MR) is 91.2 cm³/mol. The molecule has 1 aromatic rings. The van der Waals surface area contributed by atoms with E-state index in [1.54, 1.807) is 12.1 Å². The van der Waals surface area contributed by atoms with Gasteiger partial charge < -0.3 is 0 Å². The molecule has 132 valence electrons. The van der Waals surface area contributed by atoms with Crippen LogP contribution in [-0.2, 0) is 9.59 Å². The fourth-order valence-corrected chi connectivity index (χ4v) is 3.63. The molecule has 2 atom stereocenters. The Bertz CT molecular complexity index is 731. The van der Waals surface area contributed by atoms with Gasteiger partial charge in [-0.15, -0.1) is 0 Å². The molecule has 1 aliphatic carbocycles. The van der Waals surface area contributed by atoms with Gasteiger partial charge in [-0.3, -0.25) is 19.3 Å². The highest BCUT2D eigenvalue weighted by atomic mass is 35.5. The van der Waals surface area contributed by atoms with Gasteiger partial charge in [-0.05, 0) is 43.0 Å². The number of benzene rings is 1. The molecule has 0 radical (unpaired) electrons. The van der Waals surface area contributed by atoms with Gasteiger partial charge in [0.1, 0.15) is 0 Å². The Labute approximate surface area is 150 Å². The number of rotatable bonds is 4. The zero-order chi connectivity index (χ0) is 18.1. The zero-order valence-electron chi connectivity index (χ0n) is 13.9. The first-order chi connectivity index (χ1) is 11.9. The summed E-state index contributed by atoms with van der Waals surface area (Å²) in [4.78, 5) is 51.3. The summed E-state index contributed by atoms with van der Waals surface area (Å²) < 4.78 is 0. The molecular weight excluding hydrogens is 344 g/mol. The fraction of sp³-hybridized carbons (Fsp3) is 0.444. The molecule has 4 amide bonds. The third kappa shape index (κ3) is 3.31. The third-order valence-electron chi connectivity index (χ3n) is 4.95. The maximum atomic E-state index is 12.6. The maximum Gasteiger partial charge on any atom is 0.334 e. The van der Waals surface area contributed by atoms with Gasteiger partial charge in [0.2, 0.25) is 0 Å². The van der Waals surface area contributed by atoms with Crippen molar-refractivity contribution >= 4 is 35.2 Å². The molecule has 1 heterocycles. The van der Waals surface area contributed by atoms with E-state index in [0.717, 1.165) is 29.1 Å². The van der Waals surface area contributed by atoms with Gasteiger partial charge >= 0.3 is 17.8 Å². The number of urea groups is 1. The highest BCUT2D eigenvalue weighted by molar-refractivity contribution is 6.45. The first-order valence-electron chi connectivity index (χ1n) is 8.38. The zero-order valence-corrected chi connectivity index (χ0v) is 14.7. The van der Waals surface area contributed by atoms with Crippen LogP contribution < -0.4 is 0 Å². The molecule has 2 aliphatic rings. The van der Waals surface area contributed by atoms with Crippen LogP contribution in [0.25, 0.3) is 0 Å². The Morgan fingerprint density at radius 1 is 1.08 bits per heavy atom. The number of hydrogen-bond acceptors (Lipinski definition) is 4. The minimum Gasteiger partial charge on any atom is -0.292 e. The van der Waals surface area contributed by atoms with Crippen molar-refractivity contribution in [2.75, 3.05) is 6.54 Å². The standard InChI is InChI=1S/C18H19ClN2O4/c1-11-4-2-3-5-14(11)21-17(24)16(23)20(18(21)25)10-15(22)12-6-8-13(19)9-7-12/h6-9,11,14H,2-5,10H2,1H3/t11-,14+/m1/s1. The monoisotopic (exact) mass is 362 g/mol. The van der Waals surface area contributed by atoms with Crippen molar-refractivity contribution in [3.05, 3.63) is 34.9 Å². The SMILES string of the molecule is C[C@@H]1CCCC[C@@H]1N1C(=O)C(=O)N(CC(=O)c2ccc(Cl)cc2)C1=O. The van der Waals surface area contributed by atoms with Gasteiger partial charge in [-0.25, -0.2) is 9.69 Å². The van der Waals surface area contributed by atoms with Gasteiger partial charge in [0.05, 0.1) is 6.54 Å². The number of carbonyl (C=O) groups is 4. The summed E-state index contributed by atoms with van der Waals surface area (Å²) in [6.45, 7) is 1.54. The quantitative estimate of drug-likeness (QED) is 0.469. The van der Waals surface area contributed by atoms with Gasteiger partial charge in [0.25, 0.3) is 0 Å². The van der Waals surface area contributed by atoms with E-state index in [1.807, 2.05) is 6.92 Å². The van der Waals surface area contributed by atoms with Crippen LogP contribution in [0.4, 0.5) is 4.79 Å². The van der Waals surface area contributed by atoms with E-state index < -0.39 is 30.2 Å². The number of carbonyl (C=O) groups excluding carboxylic acids is 4. The number of amides is 4. The molecule has 1 saturated heterocycles. The molecule has 3 rings (SSSR count). The summed E-state index contributed by atoms with van der Waals surface area (Å²) >= 11 is 5.79. The average Bonchev–Trinajstić information content (AvgIpc) is 2.80. The molecule has 6 nitrogen and oxygen atoms in total. The Morgan fingerprint density at radius 2 is 1.72 bits per heavy atom. The molecule has 2 fully saturated rings. The molecule has 1 aliphatic heterocycles. The molecule has 7 heteroatoms. The summed E-state index contributed by atoms with van der Waals surface area (Å²) in [6, 6.07) is 5.22. The van der Waals surface area contributed by atoms with Crippen LogP contribution in [-0.4, -0.2) is 46.0 Å². The van der Waals surface area contributed by atoms with Crippen molar-refractivity contribution in [2.24, 2.45) is 5.92 Å². The highest BCUT2D eigenvalue weighted by Crippen LogP contribution is 2.31. The van der Waals surface area contributed by atoms with Crippen molar-refractivity contribution in [3.63, 3.8) is 0 Å². The lowest BCUT2D eigenvalue weighted by atomic mass is 9.85. The lowest BCUT2D eigenvalue weighted by molar-refractivity contribution is -0.144. The largest absolute Gasteiger partial charge is 0.334 e. The maximum absolute atomic E-state index is 12.6. The first kappa shape index (κ1) is 17.6. The molecule has 0 N–H and O–H groups in total. The molecule has 0 spiro atoms. The van der Waals surface area contributed by atoms with Crippen LogP contribution in [0.15, 0.2) is 24.3 Å². The van der Waals surface area contributed by atoms with Crippen LogP contribution in [0.2, 0.25) is 5.02 Å². The topological polar surface area (TPSA) is 74.8 Å². The number of ketones is 1. The van der Waals surface area contributed by atoms with Crippen LogP contribution in [0.1, 0.15) is 43.0 Å². The van der Waals surface area contributed by atoms with E-state index in [4.69, 9.17) is 11.6 Å². The number of hydrogen-bond donors (Lipinski definition) is 0. The van der Waals surface area contributed by atoms with E-state index in [2.05, 4.69) is 0 Å². The van der Waals surface area contributed by atoms with E-state index in [0.29, 0.717) is 17.0 Å². The fourth-order valence-electron chi connectivity index (χ4n) is 3.51. The summed E-state index contributed by atoms with van der Waals surface area (Å²) in [5.74, 6) is -2.01. The Morgan fingerprint density at radius 3 is 2.36 bits per heavy atom. The minimum atomic E-state index is -0.926. The van der Waals surface area contributed by atoms with Gasteiger partial charge in [-0.1, -0.05) is 31.4 Å². The lowest BCUT2D eigenvalue weighted by Gasteiger charge is -2.34.